The molecule has 2 rings (SSSR count). The van der Waals surface area contributed by atoms with E-state index in [0.717, 1.165) is 0 Å². The Hall–Kier alpha value is -1.02. The van der Waals surface area contributed by atoms with Crippen LogP contribution in [0.1, 0.15) is 15.9 Å². The fraction of sp³-hybridized carbons (Fsp3) is 0.0769. The molecule has 0 nitrogen and oxygen atoms in total. The topological polar surface area (TPSA) is 0 Å². The van der Waals surface area contributed by atoms with Gasteiger partial charge < -0.3 is 0 Å². The minimum absolute atomic E-state index is 0.484. The number of rotatable bonds is 2. The molecule has 3 radical (unpaired) electrons. The van der Waals surface area contributed by atoms with Crippen LogP contribution in [-0.4, -0.2) is 16.5 Å². The molecular formula is C13H11Ge. The molecule has 0 aliphatic rings. The van der Waals surface area contributed by atoms with Gasteiger partial charge in [-0.2, -0.15) is 0 Å². The maximum absolute atomic E-state index is 2.24. The Morgan fingerprint density at radius 1 is 0.643 bits per heavy atom. The summed E-state index contributed by atoms with van der Waals surface area (Å²) >= 11 is 2.24. The Morgan fingerprint density at radius 3 is 1.36 bits per heavy atom. The third-order valence-corrected chi connectivity index (χ3v) is 3.66. The van der Waals surface area contributed by atoms with Gasteiger partial charge in [-0.1, -0.05) is 0 Å². The van der Waals surface area contributed by atoms with E-state index in [1.165, 1.54) is 11.1 Å². The number of hydrogen-bond acceptors (Lipinski definition) is 0. The summed E-state index contributed by atoms with van der Waals surface area (Å²) < 4.78 is 0.484. The molecule has 0 saturated carbocycles. The van der Waals surface area contributed by atoms with Crippen LogP contribution in [0.2, 0.25) is 0 Å². The van der Waals surface area contributed by atoms with Crippen LogP contribution >= 0.6 is 0 Å². The van der Waals surface area contributed by atoms with E-state index in [0.29, 0.717) is 4.75 Å². The quantitative estimate of drug-likeness (QED) is 0.707. The van der Waals surface area contributed by atoms with Crippen LogP contribution in [0, 0.1) is 0 Å². The van der Waals surface area contributed by atoms with Crippen LogP contribution in [0.4, 0.5) is 0 Å². The Bertz CT molecular complexity index is 341. The predicted octanol–water partition coefficient (Wildman–Crippen LogP) is 2.94. The van der Waals surface area contributed by atoms with E-state index in [4.69, 9.17) is 0 Å². The first-order chi connectivity index (χ1) is 6.88. The molecule has 0 atom stereocenters. The summed E-state index contributed by atoms with van der Waals surface area (Å²) in [4.78, 5) is 0. The molecule has 0 spiro atoms. The molecule has 0 aliphatic heterocycles. The second-order valence-corrected chi connectivity index (χ2v) is 4.47. The van der Waals surface area contributed by atoms with Crippen molar-refractivity contribution in [3.63, 3.8) is 0 Å². The summed E-state index contributed by atoms with van der Waals surface area (Å²) in [6.45, 7) is 0. The monoisotopic (exact) mass is 241 g/mol. The summed E-state index contributed by atoms with van der Waals surface area (Å²) in [5, 5.41) is 0. The molecule has 1 heteroatoms. The Labute approximate surface area is 93.2 Å². The molecule has 0 saturated heterocycles. The zero-order valence-corrected chi connectivity index (χ0v) is 9.95. The van der Waals surface area contributed by atoms with Crippen LogP contribution in [-0.2, 0) is 0 Å². The average molecular weight is 240 g/mol. The van der Waals surface area contributed by atoms with Crippen molar-refractivity contribution in [2.45, 2.75) is 4.75 Å². The van der Waals surface area contributed by atoms with Gasteiger partial charge >= 0.3 is 93.1 Å². The van der Waals surface area contributed by atoms with Crippen molar-refractivity contribution in [2.24, 2.45) is 0 Å². The van der Waals surface area contributed by atoms with E-state index in [1.54, 1.807) is 0 Å². The fourth-order valence-electron chi connectivity index (χ4n) is 1.48. The summed E-state index contributed by atoms with van der Waals surface area (Å²) in [6.07, 6.45) is 0. The summed E-state index contributed by atoms with van der Waals surface area (Å²) in [7, 11) is 0. The normalized spacial score (nSPS) is 10.4. The zero-order valence-electron chi connectivity index (χ0n) is 7.85. The van der Waals surface area contributed by atoms with Crippen LogP contribution in [0.25, 0.3) is 0 Å². The molecular weight excluding hydrogens is 229 g/mol. The van der Waals surface area contributed by atoms with Crippen molar-refractivity contribution >= 4 is 16.5 Å². The molecule has 0 amide bonds. The maximum atomic E-state index is 2.24. The number of hydrogen-bond donors (Lipinski definition) is 0. The Balaban J connectivity index is 2.30. The van der Waals surface area contributed by atoms with Gasteiger partial charge in [0.1, 0.15) is 0 Å². The van der Waals surface area contributed by atoms with E-state index in [1.807, 2.05) is 0 Å². The molecule has 67 valence electrons. The molecule has 0 N–H and O–H groups in total. The molecule has 0 aliphatic carbocycles. The summed E-state index contributed by atoms with van der Waals surface area (Å²) in [6, 6.07) is 21.2. The van der Waals surface area contributed by atoms with E-state index in [9.17, 15) is 0 Å². The number of benzene rings is 2. The first-order valence-electron chi connectivity index (χ1n) is 4.69. The second-order valence-electron chi connectivity index (χ2n) is 3.25. The molecule has 0 bridgehead atoms. The molecule has 0 aromatic heterocycles. The van der Waals surface area contributed by atoms with E-state index >= 15 is 0 Å². The van der Waals surface area contributed by atoms with Crippen molar-refractivity contribution in [2.75, 3.05) is 0 Å². The van der Waals surface area contributed by atoms with Crippen LogP contribution in [0.15, 0.2) is 60.7 Å². The Morgan fingerprint density at radius 2 is 1.00 bits per heavy atom. The van der Waals surface area contributed by atoms with Crippen molar-refractivity contribution < 1.29 is 0 Å². The molecule has 2 aromatic carbocycles. The standard InChI is InChI=1S/C13H11Ge/c14-13(11-7-3-1-4-8-11)12-9-5-2-6-10-12/h1-10,13H. The molecule has 0 heterocycles. The van der Waals surface area contributed by atoms with Crippen LogP contribution in [0.3, 0.4) is 0 Å². The van der Waals surface area contributed by atoms with Crippen molar-refractivity contribution in [1.82, 2.24) is 0 Å². The van der Waals surface area contributed by atoms with Gasteiger partial charge in [0, 0.05) is 0 Å². The molecule has 0 fully saturated rings. The summed E-state index contributed by atoms with van der Waals surface area (Å²) in [5.74, 6) is 0. The van der Waals surface area contributed by atoms with Gasteiger partial charge in [-0.3, -0.25) is 0 Å². The third kappa shape index (κ3) is 2.07. The minimum atomic E-state index is 0.484. The van der Waals surface area contributed by atoms with Crippen molar-refractivity contribution in [3.05, 3.63) is 71.8 Å². The first kappa shape index (κ1) is 9.53. The molecule has 0 unspecified atom stereocenters. The summed E-state index contributed by atoms with van der Waals surface area (Å²) in [5.41, 5.74) is 2.75. The molecule has 2 aromatic rings. The van der Waals surface area contributed by atoms with Crippen LogP contribution in [0.5, 0.6) is 0 Å². The average Bonchev–Trinajstić information content (AvgIpc) is 2.30. The SMILES string of the molecule is [Ge][CH](c1ccccc1)c1ccccc1. The van der Waals surface area contributed by atoms with Gasteiger partial charge in [0.15, 0.2) is 0 Å². The predicted molar refractivity (Wildman–Crippen MR) is 60.5 cm³/mol. The Kier molecular flexibility index (Phi) is 3.04. The van der Waals surface area contributed by atoms with Crippen molar-refractivity contribution in [1.29, 1.82) is 0 Å². The van der Waals surface area contributed by atoms with Crippen LogP contribution < -0.4 is 0 Å². The zero-order chi connectivity index (χ0) is 9.80. The van der Waals surface area contributed by atoms with Gasteiger partial charge in [0.2, 0.25) is 0 Å². The van der Waals surface area contributed by atoms with E-state index < -0.39 is 0 Å². The van der Waals surface area contributed by atoms with Gasteiger partial charge in [-0.15, -0.1) is 0 Å². The second kappa shape index (κ2) is 4.47. The van der Waals surface area contributed by atoms with Crippen molar-refractivity contribution in [3.8, 4) is 0 Å². The fourth-order valence-corrected chi connectivity index (χ4v) is 2.29. The van der Waals surface area contributed by atoms with Gasteiger partial charge in [0.05, 0.1) is 0 Å². The van der Waals surface area contributed by atoms with Gasteiger partial charge in [-0.25, -0.2) is 0 Å². The van der Waals surface area contributed by atoms with Gasteiger partial charge in [-0.05, 0) is 0 Å². The first-order valence-corrected chi connectivity index (χ1v) is 5.90. The third-order valence-electron chi connectivity index (χ3n) is 2.27. The molecule has 14 heavy (non-hydrogen) atoms. The van der Waals surface area contributed by atoms with E-state index in [2.05, 4.69) is 77.2 Å². The van der Waals surface area contributed by atoms with Gasteiger partial charge in [0.25, 0.3) is 0 Å². The van der Waals surface area contributed by atoms with E-state index in [-0.39, 0.29) is 0 Å².